The smallest absolute Gasteiger partial charge is 0.291 e. The molecule has 0 saturated carbocycles. The standard InChI is InChI=1S/C13H17N3OS2/c1-8-4-3-5-9(2)15(8)16-12(17)11-10(6-7-19-11)14-13(16)18/h6-9H,3-5H2,1-2H3,(H,14,18). The molecule has 1 aliphatic rings. The molecule has 0 amide bonds. The Hall–Kier alpha value is -1.14. The van der Waals surface area contributed by atoms with Gasteiger partial charge < -0.3 is 9.99 Å². The lowest BCUT2D eigenvalue weighted by Gasteiger charge is -2.41. The van der Waals surface area contributed by atoms with Crippen molar-refractivity contribution in [1.82, 2.24) is 9.66 Å². The predicted molar refractivity (Wildman–Crippen MR) is 82.3 cm³/mol. The van der Waals surface area contributed by atoms with Crippen LogP contribution in [0.25, 0.3) is 10.2 Å². The highest BCUT2D eigenvalue weighted by molar-refractivity contribution is 7.71. The van der Waals surface area contributed by atoms with Crippen molar-refractivity contribution in [2.75, 3.05) is 5.01 Å². The molecule has 1 fully saturated rings. The van der Waals surface area contributed by atoms with Crippen molar-refractivity contribution < 1.29 is 0 Å². The van der Waals surface area contributed by atoms with Gasteiger partial charge in [0.05, 0.1) is 5.52 Å². The highest BCUT2D eigenvalue weighted by Crippen LogP contribution is 2.22. The van der Waals surface area contributed by atoms with E-state index in [2.05, 4.69) is 23.8 Å². The highest BCUT2D eigenvalue weighted by Gasteiger charge is 2.27. The van der Waals surface area contributed by atoms with E-state index in [1.165, 1.54) is 17.8 Å². The van der Waals surface area contributed by atoms with E-state index in [1.807, 2.05) is 11.4 Å². The molecule has 0 bridgehead atoms. The molecule has 102 valence electrons. The van der Waals surface area contributed by atoms with Gasteiger partial charge in [-0.15, -0.1) is 11.3 Å². The van der Waals surface area contributed by atoms with E-state index in [4.69, 9.17) is 12.2 Å². The first-order chi connectivity index (χ1) is 9.09. The molecule has 19 heavy (non-hydrogen) atoms. The van der Waals surface area contributed by atoms with Gasteiger partial charge in [-0.1, -0.05) is 0 Å². The average molecular weight is 295 g/mol. The minimum Gasteiger partial charge on any atom is -0.329 e. The van der Waals surface area contributed by atoms with Crippen molar-refractivity contribution >= 4 is 33.8 Å². The van der Waals surface area contributed by atoms with Gasteiger partial charge in [0.15, 0.2) is 4.77 Å². The molecule has 1 N–H and O–H groups in total. The van der Waals surface area contributed by atoms with Crippen molar-refractivity contribution in [2.45, 2.75) is 45.2 Å². The molecule has 3 rings (SSSR count). The van der Waals surface area contributed by atoms with Gasteiger partial charge in [0.1, 0.15) is 4.70 Å². The molecule has 0 aromatic carbocycles. The second-order valence-corrected chi connectivity index (χ2v) is 6.52. The molecule has 2 aromatic rings. The van der Waals surface area contributed by atoms with E-state index in [9.17, 15) is 4.79 Å². The van der Waals surface area contributed by atoms with E-state index in [0.29, 0.717) is 16.9 Å². The summed E-state index contributed by atoms with van der Waals surface area (Å²) in [5, 5.41) is 4.06. The highest BCUT2D eigenvalue weighted by atomic mass is 32.1. The van der Waals surface area contributed by atoms with Crippen LogP contribution in [-0.4, -0.2) is 21.7 Å². The Balaban J connectivity index is 2.24. The number of fused-ring (bicyclic) bond motifs is 1. The number of hydrogen-bond donors (Lipinski definition) is 1. The van der Waals surface area contributed by atoms with Gasteiger partial charge in [-0.25, -0.2) is 0 Å². The lowest BCUT2D eigenvalue weighted by Crippen LogP contribution is -2.55. The third-order valence-corrected chi connectivity index (χ3v) is 5.04. The molecule has 0 aliphatic carbocycles. The molecule has 1 saturated heterocycles. The second-order valence-electron chi connectivity index (χ2n) is 5.22. The Morgan fingerprint density at radius 1 is 1.37 bits per heavy atom. The molecular weight excluding hydrogens is 278 g/mol. The summed E-state index contributed by atoms with van der Waals surface area (Å²) in [5.41, 5.74) is 0.850. The Labute approximate surface area is 120 Å². The van der Waals surface area contributed by atoms with Gasteiger partial charge in [-0.3, -0.25) is 4.79 Å². The summed E-state index contributed by atoms with van der Waals surface area (Å²) < 4.78 is 2.91. The molecule has 6 heteroatoms. The summed E-state index contributed by atoms with van der Waals surface area (Å²) in [6.45, 7) is 4.32. The van der Waals surface area contributed by atoms with Gasteiger partial charge in [0.25, 0.3) is 5.56 Å². The molecule has 4 nitrogen and oxygen atoms in total. The van der Waals surface area contributed by atoms with Gasteiger partial charge in [-0.05, 0) is 56.8 Å². The van der Waals surface area contributed by atoms with Crippen LogP contribution in [0.4, 0.5) is 0 Å². The lowest BCUT2D eigenvalue weighted by atomic mass is 10.00. The minimum atomic E-state index is 0.00866. The van der Waals surface area contributed by atoms with Gasteiger partial charge in [-0.2, -0.15) is 4.68 Å². The van der Waals surface area contributed by atoms with Crippen LogP contribution in [0.15, 0.2) is 16.2 Å². The predicted octanol–water partition coefficient (Wildman–Crippen LogP) is 3.02. The van der Waals surface area contributed by atoms with E-state index >= 15 is 0 Å². The Morgan fingerprint density at radius 3 is 2.74 bits per heavy atom. The number of piperidine rings is 1. The van der Waals surface area contributed by atoms with Crippen molar-refractivity contribution in [3.63, 3.8) is 0 Å². The first-order valence-electron chi connectivity index (χ1n) is 6.60. The van der Waals surface area contributed by atoms with Crippen LogP contribution in [-0.2, 0) is 0 Å². The molecule has 2 unspecified atom stereocenters. The summed E-state index contributed by atoms with van der Waals surface area (Å²) in [4.78, 5) is 15.8. The van der Waals surface area contributed by atoms with Crippen molar-refractivity contribution in [2.24, 2.45) is 0 Å². The van der Waals surface area contributed by atoms with Crippen LogP contribution in [0.3, 0.4) is 0 Å². The Morgan fingerprint density at radius 2 is 2.05 bits per heavy atom. The maximum atomic E-state index is 12.6. The van der Waals surface area contributed by atoms with E-state index in [0.717, 1.165) is 23.1 Å². The summed E-state index contributed by atoms with van der Waals surface area (Å²) in [6, 6.07) is 2.59. The normalized spacial score (nSPS) is 24.0. The number of rotatable bonds is 1. The monoisotopic (exact) mass is 295 g/mol. The van der Waals surface area contributed by atoms with E-state index < -0.39 is 0 Å². The van der Waals surface area contributed by atoms with E-state index in [-0.39, 0.29) is 5.56 Å². The zero-order valence-corrected chi connectivity index (χ0v) is 12.7. The van der Waals surface area contributed by atoms with Crippen LogP contribution >= 0.6 is 23.6 Å². The van der Waals surface area contributed by atoms with Gasteiger partial charge in [0.2, 0.25) is 0 Å². The molecule has 2 atom stereocenters. The summed E-state index contributed by atoms with van der Waals surface area (Å²) in [5.74, 6) is 0. The zero-order valence-electron chi connectivity index (χ0n) is 11.0. The summed E-state index contributed by atoms with van der Waals surface area (Å²) in [6.07, 6.45) is 3.42. The van der Waals surface area contributed by atoms with Crippen LogP contribution in [0, 0.1) is 4.77 Å². The third kappa shape index (κ3) is 2.03. The fourth-order valence-corrected chi connectivity index (χ4v) is 4.00. The number of aromatic nitrogens is 2. The molecule has 3 heterocycles. The summed E-state index contributed by atoms with van der Waals surface area (Å²) in [7, 11) is 0. The molecular formula is C13H17N3OS2. The quantitative estimate of drug-likeness (QED) is 0.822. The van der Waals surface area contributed by atoms with Crippen LogP contribution < -0.4 is 10.6 Å². The lowest BCUT2D eigenvalue weighted by molar-refractivity contribution is 0.328. The molecule has 2 aromatic heterocycles. The molecule has 0 spiro atoms. The SMILES string of the molecule is CC1CCCC(C)N1n1c(=S)[nH]c2ccsc2c1=O. The Bertz CT molecular complexity index is 704. The Kier molecular flexibility index (Phi) is 3.22. The average Bonchev–Trinajstić information content (AvgIpc) is 2.81. The maximum Gasteiger partial charge on any atom is 0.291 e. The topological polar surface area (TPSA) is 41.0 Å². The van der Waals surface area contributed by atoms with Gasteiger partial charge in [0, 0.05) is 12.1 Å². The van der Waals surface area contributed by atoms with Crippen molar-refractivity contribution in [3.8, 4) is 0 Å². The van der Waals surface area contributed by atoms with Crippen LogP contribution in [0.1, 0.15) is 33.1 Å². The third-order valence-electron chi connectivity index (χ3n) is 3.86. The zero-order chi connectivity index (χ0) is 13.6. The number of hydrogen-bond acceptors (Lipinski definition) is 4. The fraction of sp³-hybridized carbons (Fsp3) is 0.538. The first-order valence-corrected chi connectivity index (χ1v) is 7.89. The molecule has 1 aliphatic heterocycles. The van der Waals surface area contributed by atoms with Crippen LogP contribution in [0.5, 0.6) is 0 Å². The number of nitrogens with one attached hydrogen (secondary N) is 1. The second kappa shape index (κ2) is 4.76. The minimum absolute atomic E-state index is 0.00866. The van der Waals surface area contributed by atoms with Crippen molar-refractivity contribution in [1.29, 1.82) is 0 Å². The van der Waals surface area contributed by atoms with Crippen molar-refractivity contribution in [3.05, 3.63) is 26.6 Å². The van der Waals surface area contributed by atoms with Crippen LogP contribution in [0.2, 0.25) is 0 Å². The first kappa shape index (κ1) is 12.9. The number of H-pyrrole nitrogens is 1. The van der Waals surface area contributed by atoms with Gasteiger partial charge >= 0.3 is 0 Å². The number of aromatic amines is 1. The summed E-state index contributed by atoms with van der Waals surface area (Å²) >= 11 is 6.86. The maximum absolute atomic E-state index is 12.6. The largest absolute Gasteiger partial charge is 0.329 e. The number of thiophene rings is 1. The van der Waals surface area contributed by atoms with E-state index in [1.54, 1.807) is 4.68 Å². The number of nitrogens with zero attached hydrogens (tertiary/aromatic N) is 2. The molecule has 0 radical (unpaired) electrons. The fourth-order valence-electron chi connectivity index (χ4n) is 2.94.